The molecule has 4 nitrogen and oxygen atoms in total. The number of carboxylic acid groups (broad SMARTS) is 1. The first kappa shape index (κ1) is 14.6. The summed E-state index contributed by atoms with van der Waals surface area (Å²) < 4.78 is 0. The number of carbonyl (C=O) groups is 1. The molecule has 1 heterocycles. The van der Waals surface area contributed by atoms with Crippen molar-refractivity contribution < 1.29 is 20.1 Å². The fraction of sp³-hybridized carbons (Fsp3) is 0.278. The van der Waals surface area contributed by atoms with Crippen LogP contribution in [0.3, 0.4) is 0 Å². The molecule has 0 bridgehead atoms. The number of carboxylic acids is 1. The first-order chi connectivity index (χ1) is 11.1. The summed E-state index contributed by atoms with van der Waals surface area (Å²) in [7, 11) is 0. The van der Waals surface area contributed by atoms with Gasteiger partial charge in [0.05, 0.1) is 11.7 Å². The number of aliphatic hydroxyl groups is 1. The van der Waals surface area contributed by atoms with Crippen molar-refractivity contribution in [2.24, 2.45) is 0 Å². The first-order valence-electron chi connectivity index (χ1n) is 7.67. The molecule has 118 valence electrons. The molecule has 4 rings (SSSR count). The molecule has 0 fully saturated rings. The molecule has 1 atom stereocenters. The van der Waals surface area contributed by atoms with Gasteiger partial charge in [-0.2, -0.15) is 0 Å². The summed E-state index contributed by atoms with van der Waals surface area (Å²) in [4.78, 5) is 13.6. The highest BCUT2D eigenvalue weighted by Gasteiger charge is 2.33. The molecular weight excluding hydrogens is 312 g/mol. The summed E-state index contributed by atoms with van der Waals surface area (Å²) in [6.07, 6.45) is 8.20. The number of fused-ring (bicyclic) bond motifs is 4. The normalized spacial score (nSPS) is 22.1. The van der Waals surface area contributed by atoms with Gasteiger partial charge in [0.1, 0.15) is 5.75 Å². The van der Waals surface area contributed by atoms with Crippen LogP contribution in [0.4, 0.5) is 0 Å². The predicted octanol–water partition coefficient (Wildman–Crippen LogP) is 3.55. The predicted molar refractivity (Wildman–Crippen MR) is 88.3 cm³/mol. The van der Waals surface area contributed by atoms with Crippen molar-refractivity contribution in [1.82, 2.24) is 0 Å². The quantitative estimate of drug-likeness (QED) is 0.735. The van der Waals surface area contributed by atoms with Crippen LogP contribution >= 0.6 is 11.8 Å². The minimum absolute atomic E-state index is 0.0795. The van der Waals surface area contributed by atoms with Crippen molar-refractivity contribution in [3.8, 4) is 5.75 Å². The van der Waals surface area contributed by atoms with E-state index in [2.05, 4.69) is 6.08 Å². The molecule has 23 heavy (non-hydrogen) atoms. The highest BCUT2D eigenvalue weighted by atomic mass is 32.2. The van der Waals surface area contributed by atoms with Crippen LogP contribution in [0, 0.1) is 0 Å². The molecule has 1 aliphatic heterocycles. The van der Waals surface area contributed by atoms with E-state index in [4.69, 9.17) is 0 Å². The van der Waals surface area contributed by atoms with Crippen molar-refractivity contribution in [3.63, 3.8) is 0 Å². The van der Waals surface area contributed by atoms with Gasteiger partial charge in [0.15, 0.2) is 0 Å². The van der Waals surface area contributed by atoms with E-state index in [-0.39, 0.29) is 11.3 Å². The molecule has 0 saturated heterocycles. The maximum atomic E-state index is 11.8. The maximum Gasteiger partial charge on any atom is 0.336 e. The summed E-state index contributed by atoms with van der Waals surface area (Å²) in [5.74, 6) is -0.942. The summed E-state index contributed by atoms with van der Waals surface area (Å²) in [6.45, 7) is 0. The van der Waals surface area contributed by atoms with Gasteiger partial charge in [0.25, 0.3) is 0 Å². The standard InChI is InChI=1S/C18H16O4S/c19-13-6-5-10-14(20)8-11-12(18(21)22)7-9-3-1-2-4-15(9)23-17(11)16(10)13/h3-4,7-8,13,19-20H,1-2,5-6H2,(H,21,22)/t13-/m1/s1. The average Bonchev–Trinajstić information content (AvgIpc) is 2.83. The largest absolute Gasteiger partial charge is 0.508 e. The molecule has 0 spiro atoms. The number of phenolic OH excluding ortho intramolecular Hbond substituents is 1. The van der Waals surface area contributed by atoms with E-state index in [1.54, 1.807) is 6.08 Å². The Balaban J connectivity index is 2.02. The molecule has 0 unspecified atom stereocenters. The molecule has 1 aromatic rings. The Kier molecular flexibility index (Phi) is 3.36. The SMILES string of the molecule is O=C(O)C1=CC2=CCCC=C2Sc2c1cc(O)c1c2[C@H](O)CC1. The van der Waals surface area contributed by atoms with Crippen LogP contribution in [0.15, 0.2) is 39.7 Å². The van der Waals surface area contributed by atoms with Gasteiger partial charge in [0, 0.05) is 26.5 Å². The van der Waals surface area contributed by atoms with Crippen LogP contribution in [-0.4, -0.2) is 21.3 Å². The van der Waals surface area contributed by atoms with Gasteiger partial charge in [-0.25, -0.2) is 4.79 Å². The number of thioether (sulfide) groups is 1. The second kappa shape index (κ2) is 5.28. The van der Waals surface area contributed by atoms with Crippen molar-refractivity contribution in [2.45, 2.75) is 36.7 Å². The molecule has 0 radical (unpaired) electrons. The number of aliphatic carboxylic acids is 1. The smallest absolute Gasteiger partial charge is 0.336 e. The Morgan fingerprint density at radius 1 is 1.26 bits per heavy atom. The minimum Gasteiger partial charge on any atom is -0.508 e. The number of hydrogen-bond donors (Lipinski definition) is 3. The summed E-state index contributed by atoms with van der Waals surface area (Å²) in [5.41, 5.74) is 3.02. The fourth-order valence-electron chi connectivity index (χ4n) is 3.48. The van der Waals surface area contributed by atoms with Crippen molar-refractivity contribution >= 4 is 23.3 Å². The molecule has 2 aliphatic carbocycles. The van der Waals surface area contributed by atoms with Crippen LogP contribution in [0.2, 0.25) is 0 Å². The molecule has 3 N–H and O–H groups in total. The minimum atomic E-state index is -1.02. The number of hydrogen-bond acceptors (Lipinski definition) is 4. The molecule has 0 saturated carbocycles. The Morgan fingerprint density at radius 2 is 2.04 bits per heavy atom. The molecule has 0 aromatic heterocycles. The lowest BCUT2D eigenvalue weighted by Crippen LogP contribution is -2.04. The van der Waals surface area contributed by atoms with Crippen molar-refractivity contribution in [2.75, 3.05) is 0 Å². The zero-order valence-electron chi connectivity index (χ0n) is 12.4. The van der Waals surface area contributed by atoms with E-state index in [9.17, 15) is 20.1 Å². The zero-order valence-corrected chi connectivity index (χ0v) is 13.2. The number of allylic oxidation sites excluding steroid dienone is 4. The molecule has 1 aromatic carbocycles. The Labute approximate surface area is 137 Å². The van der Waals surface area contributed by atoms with Gasteiger partial charge in [-0.05, 0) is 43.4 Å². The van der Waals surface area contributed by atoms with E-state index in [1.165, 1.54) is 17.8 Å². The lowest BCUT2D eigenvalue weighted by molar-refractivity contribution is -0.130. The van der Waals surface area contributed by atoms with Gasteiger partial charge in [-0.3, -0.25) is 0 Å². The molecular formula is C18H16O4S. The topological polar surface area (TPSA) is 77.8 Å². The first-order valence-corrected chi connectivity index (χ1v) is 8.48. The lowest BCUT2D eigenvalue weighted by atomic mass is 9.96. The van der Waals surface area contributed by atoms with E-state index in [0.29, 0.717) is 24.0 Å². The van der Waals surface area contributed by atoms with Crippen LogP contribution < -0.4 is 0 Å². The van der Waals surface area contributed by atoms with Crippen LogP contribution in [0.1, 0.15) is 42.1 Å². The van der Waals surface area contributed by atoms with Crippen LogP contribution in [0.5, 0.6) is 5.75 Å². The summed E-state index contributed by atoms with van der Waals surface area (Å²) in [6, 6.07) is 1.54. The average molecular weight is 328 g/mol. The molecule has 3 aliphatic rings. The van der Waals surface area contributed by atoms with Crippen LogP contribution in [-0.2, 0) is 11.2 Å². The summed E-state index contributed by atoms with van der Waals surface area (Å²) >= 11 is 1.51. The van der Waals surface area contributed by atoms with Gasteiger partial charge < -0.3 is 15.3 Å². The third-order valence-electron chi connectivity index (χ3n) is 4.58. The third kappa shape index (κ3) is 2.23. The number of rotatable bonds is 1. The van der Waals surface area contributed by atoms with E-state index in [0.717, 1.165) is 33.8 Å². The van der Waals surface area contributed by atoms with Gasteiger partial charge in [0.2, 0.25) is 0 Å². The molecule has 0 amide bonds. The Hall–Kier alpha value is -1.98. The van der Waals surface area contributed by atoms with Gasteiger partial charge in [-0.1, -0.05) is 23.9 Å². The van der Waals surface area contributed by atoms with E-state index in [1.807, 2.05) is 6.08 Å². The van der Waals surface area contributed by atoms with E-state index >= 15 is 0 Å². The van der Waals surface area contributed by atoms with Crippen molar-refractivity contribution in [3.05, 3.63) is 51.5 Å². The van der Waals surface area contributed by atoms with Crippen molar-refractivity contribution in [1.29, 1.82) is 0 Å². The van der Waals surface area contributed by atoms with Crippen LogP contribution in [0.25, 0.3) is 5.57 Å². The lowest BCUT2D eigenvalue weighted by Gasteiger charge is -2.17. The fourth-order valence-corrected chi connectivity index (χ4v) is 4.81. The monoisotopic (exact) mass is 328 g/mol. The number of aromatic hydroxyl groups is 1. The second-order valence-electron chi connectivity index (χ2n) is 5.99. The third-order valence-corrected chi connectivity index (χ3v) is 5.85. The highest BCUT2D eigenvalue weighted by Crippen LogP contribution is 2.51. The highest BCUT2D eigenvalue weighted by molar-refractivity contribution is 8.03. The Morgan fingerprint density at radius 3 is 2.83 bits per heavy atom. The van der Waals surface area contributed by atoms with Gasteiger partial charge >= 0.3 is 5.97 Å². The molecule has 5 heteroatoms. The summed E-state index contributed by atoms with van der Waals surface area (Å²) in [5, 5.41) is 30.3. The Bertz CT molecular complexity index is 817. The second-order valence-corrected chi connectivity index (χ2v) is 7.04. The van der Waals surface area contributed by atoms with E-state index < -0.39 is 12.1 Å². The number of benzene rings is 1. The maximum absolute atomic E-state index is 11.8. The number of aliphatic hydroxyl groups excluding tert-OH is 1. The van der Waals surface area contributed by atoms with Gasteiger partial charge in [-0.15, -0.1) is 0 Å². The number of phenols is 1. The zero-order chi connectivity index (χ0) is 16.1.